The molecule has 1 aliphatic carbocycles. The zero-order valence-electron chi connectivity index (χ0n) is 28.7. The fourth-order valence-corrected chi connectivity index (χ4v) is 7.02. The van der Waals surface area contributed by atoms with Crippen molar-refractivity contribution in [1.29, 1.82) is 0 Å². The number of aliphatic hydroxyl groups excluding tert-OH is 1. The van der Waals surface area contributed by atoms with Gasteiger partial charge in [-0.1, -0.05) is 86.6 Å². The highest BCUT2D eigenvalue weighted by Gasteiger charge is 2.44. The lowest BCUT2D eigenvalue weighted by atomic mass is 9.73. The number of rotatable bonds is 20. The molecule has 1 atom stereocenters. The van der Waals surface area contributed by atoms with E-state index in [4.69, 9.17) is 14.3 Å². The maximum Gasteiger partial charge on any atom is 0.335 e. The smallest absolute Gasteiger partial charge is 0.335 e. The number of ether oxygens (including phenoxy) is 2. The molecule has 0 radical (unpaired) electrons. The third kappa shape index (κ3) is 7.90. The first-order chi connectivity index (χ1) is 23.8. The van der Waals surface area contributed by atoms with Crippen molar-refractivity contribution in [2.45, 2.75) is 76.2 Å². The van der Waals surface area contributed by atoms with E-state index >= 15 is 0 Å². The van der Waals surface area contributed by atoms with Gasteiger partial charge in [0, 0.05) is 36.5 Å². The lowest BCUT2D eigenvalue weighted by Crippen LogP contribution is -2.41. The highest BCUT2D eigenvalue weighted by molar-refractivity contribution is 7.80. The fraction of sp³-hybridized carbons (Fsp3) is 0.400. The van der Waals surface area contributed by atoms with Gasteiger partial charge >= 0.3 is 5.97 Å². The van der Waals surface area contributed by atoms with Gasteiger partial charge in [-0.25, -0.2) is 4.79 Å². The third-order valence-electron chi connectivity index (χ3n) is 9.62. The molecule has 1 aliphatic rings. The summed E-state index contributed by atoms with van der Waals surface area (Å²) in [6.07, 6.45) is 6.29. The van der Waals surface area contributed by atoms with Crippen LogP contribution in [0.5, 0.6) is 0 Å². The minimum atomic E-state index is -1.58. The molecule has 0 saturated carbocycles. The van der Waals surface area contributed by atoms with E-state index in [2.05, 4.69) is 38.2 Å². The van der Waals surface area contributed by atoms with Gasteiger partial charge in [-0.15, -0.1) is 0 Å². The number of oxime groups is 1. The Balaban J connectivity index is 1.74. The first kappa shape index (κ1) is 37.8. The van der Waals surface area contributed by atoms with Gasteiger partial charge in [0.1, 0.15) is 5.71 Å². The molecule has 4 rings (SSSR count). The molecule has 9 heteroatoms. The standard InChI is InChI=1S/C40H47NO7S/c1-5-39(6-2)33-21-19-28(37(44)35(17-14-23-47-7-3)41-48-36(43)18-12-9-13-24-49)25-31(33)32-26-29(20-22-34(32)39)38(45)40(27-42,46-4)30-15-10-8-11-16-30/h7-8,10-11,15-16,19-22,25-26,42,49H,3,5-6,9,12-14,17-18,23-24,27H2,1-2,4H3/b41-35+. The van der Waals surface area contributed by atoms with Gasteiger partial charge in [-0.3, -0.25) is 9.59 Å². The molecular weight excluding hydrogens is 639 g/mol. The second-order valence-corrected chi connectivity index (χ2v) is 12.6. The molecule has 0 bridgehead atoms. The third-order valence-corrected chi connectivity index (χ3v) is 9.94. The molecule has 1 N–H and O–H groups in total. The van der Waals surface area contributed by atoms with E-state index < -0.39 is 18.2 Å². The largest absolute Gasteiger partial charge is 0.502 e. The minimum absolute atomic E-state index is 0.117. The van der Waals surface area contributed by atoms with E-state index in [1.165, 1.54) is 13.4 Å². The minimum Gasteiger partial charge on any atom is -0.502 e. The van der Waals surface area contributed by atoms with Crippen LogP contribution in [0.25, 0.3) is 11.1 Å². The molecule has 49 heavy (non-hydrogen) atoms. The molecule has 3 aromatic carbocycles. The second kappa shape index (κ2) is 17.6. The maximum atomic E-state index is 14.2. The summed E-state index contributed by atoms with van der Waals surface area (Å²) in [5, 5.41) is 14.6. The Morgan fingerprint density at radius 1 is 0.898 bits per heavy atom. The summed E-state index contributed by atoms with van der Waals surface area (Å²) < 4.78 is 11.0. The summed E-state index contributed by atoms with van der Waals surface area (Å²) in [4.78, 5) is 45.8. The van der Waals surface area contributed by atoms with Gasteiger partial charge in [-0.05, 0) is 77.8 Å². The number of methoxy groups -OCH3 is 1. The van der Waals surface area contributed by atoms with Gasteiger partial charge in [0.2, 0.25) is 11.6 Å². The van der Waals surface area contributed by atoms with Crippen LogP contribution in [-0.4, -0.2) is 54.4 Å². The Labute approximate surface area is 295 Å². The Morgan fingerprint density at radius 3 is 2.14 bits per heavy atom. The van der Waals surface area contributed by atoms with Crippen LogP contribution in [0.1, 0.15) is 103 Å². The molecule has 0 aliphatic heterocycles. The van der Waals surface area contributed by atoms with Crippen molar-refractivity contribution < 1.29 is 33.8 Å². The zero-order chi connectivity index (χ0) is 35.4. The predicted molar refractivity (Wildman–Crippen MR) is 195 cm³/mol. The van der Waals surface area contributed by atoms with E-state index in [1.807, 2.05) is 30.3 Å². The lowest BCUT2D eigenvalue weighted by Gasteiger charge is -2.31. The molecule has 0 spiro atoms. The SMILES string of the molecule is C=COCCC/C(=N\OC(=O)CCCCCS)C(=O)c1ccc2c(c1)-c1cc(C(=O)C(CO)(OC)c3ccccc3)ccc1C2(CC)CC. The lowest BCUT2D eigenvalue weighted by molar-refractivity contribution is -0.143. The molecule has 260 valence electrons. The van der Waals surface area contributed by atoms with E-state index in [0.717, 1.165) is 53.7 Å². The molecule has 8 nitrogen and oxygen atoms in total. The normalized spacial score (nSPS) is 14.3. The summed E-state index contributed by atoms with van der Waals surface area (Å²) in [5.74, 6) is -0.461. The number of Topliss-reactive ketones (excluding diaryl/α,β-unsaturated/α-hetero) is 2. The van der Waals surface area contributed by atoms with Gasteiger partial charge < -0.3 is 19.4 Å². The van der Waals surface area contributed by atoms with Crippen molar-refractivity contribution in [2.75, 3.05) is 26.1 Å². The van der Waals surface area contributed by atoms with Crippen molar-refractivity contribution in [1.82, 2.24) is 0 Å². The van der Waals surface area contributed by atoms with E-state index in [0.29, 0.717) is 36.1 Å². The van der Waals surface area contributed by atoms with Crippen LogP contribution in [-0.2, 0) is 30.1 Å². The highest BCUT2D eigenvalue weighted by atomic mass is 32.1. The summed E-state index contributed by atoms with van der Waals surface area (Å²) in [7, 11) is 1.42. The quantitative estimate of drug-likeness (QED) is 0.0236. The molecule has 0 heterocycles. The number of ketones is 2. The van der Waals surface area contributed by atoms with Crippen LogP contribution in [0.15, 0.2) is 84.7 Å². The summed E-state index contributed by atoms with van der Waals surface area (Å²) in [6, 6.07) is 20.2. The Hall–Kier alpha value is -4.05. The van der Waals surface area contributed by atoms with Crippen molar-refractivity contribution >= 4 is 35.9 Å². The van der Waals surface area contributed by atoms with Gasteiger partial charge in [0.05, 0.1) is 19.5 Å². The number of unbranched alkanes of at least 4 members (excludes halogenated alkanes) is 2. The number of carbonyl (C=O) groups excluding carboxylic acids is 3. The predicted octanol–water partition coefficient (Wildman–Crippen LogP) is 8.00. The van der Waals surface area contributed by atoms with E-state index in [1.54, 1.807) is 36.4 Å². The molecule has 3 aromatic rings. The van der Waals surface area contributed by atoms with Crippen molar-refractivity contribution in [3.63, 3.8) is 0 Å². The number of fused-ring (bicyclic) bond motifs is 3. The van der Waals surface area contributed by atoms with Gasteiger partial charge in [0.15, 0.2) is 5.60 Å². The molecule has 0 aromatic heterocycles. The number of carbonyl (C=O) groups is 3. The van der Waals surface area contributed by atoms with Gasteiger partial charge in [-0.2, -0.15) is 12.6 Å². The second-order valence-electron chi connectivity index (χ2n) is 12.2. The van der Waals surface area contributed by atoms with Crippen LogP contribution in [0.2, 0.25) is 0 Å². The first-order valence-corrected chi connectivity index (χ1v) is 17.6. The van der Waals surface area contributed by atoms with Gasteiger partial charge in [0.25, 0.3) is 0 Å². The Kier molecular flexibility index (Phi) is 13.5. The zero-order valence-corrected chi connectivity index (χ0v) is 29.6. The van der Waals surface area contributed by atoms with E-state index in [9.17, 15) is 19.5 Å². The number of benzene rings is 3. The number of thiol groups is 1. The topological polar surface area (TPSA) is 111 Å². The van der Waals surface area contributed by atoms with Crippen molar-refractivity contribution in [3.8, 4) is 11.1 Å². The monoisotopic (exact) mass is 685 g/mol. The van der Waals surface area contributed by atoms with Crippen LogP contribution in [0, 0.1) is 0 Å². The maximum absolute atomic E-state index is 14.2. The molecule has 0 fully saturated rings. The number of nitrogens with zero attached hydrogens (tertiary/aromatic N) is 1. The Bertz CT molecular complexity index is 1660. The summed E-state index contributed by atoms with van der Waals surface area (Å²) in [6.45, 7) is 7.63. The molecule has 0 saturated heterocycles. The molecule has 1 unspecified atom stereocenters. The van der Waals surface area contributed by atoms with Crippen molar-refractivity contribution in [3.05, 3.63) is 107 Å². The van der Waals surface area contributed by atoms with Crippen LogP contribution in [0.4, 0.5) is 0 Å². The molecule has 0 amide bonds. The number of hydrogen-bond acceptors (Lipinski definition) is 9. The number of aliphatic hydroxyl groups is 1. The average molecular weight is 686 g/mol. The Morgan fingerprint density at radius 2 is 1.55 bits per heavy atom. The first-order valence-electron chi connectivity index (χ1n) is 17.0. The highest BCUT2D eigenvalue weighted by Crippen LogP contribution is 2.53. The summed E-state index contributed by atoms with van der Waals surface area (Å²) >= 11 is 4.20. The van der Waals surface area contributed by atoms with Crippen LogP contribution < -0.4 is 0 Å². The average Bonchev–Trinajstić information content (AvgIpc) is 3.42. The fourth-order valence-electron chi connectivity index (χ4n) is 6.80. The van der Waals surface area contributed by atoms with E-state index in [-0.39, 0.29) is 35.5 Å². The summed E-state index contributed by atoms with van der Waals surface area (Å²) in [5.41, 5.74) is 3.40. The number of hydrogen-bond donors (Lipinski definition) is 2. The van der Waals surface area contributed by atoms with Crippen LogP contribution in [0.3, 0.4) is 0 Å². The molecular formula is C40H47NO7S. The van der Waals surface area contributed by atoms with Crippen LogP contribution >= 0.6 is 12.6 Å². The van der Waals surface area contributed by atoms with Crippen molar-refractivity contribution in [2.24, 2.45) is 5.16 Å².